The van der Waals surface area contributed by atoms with Crippen molar-refractivity contribution in [2.45, 2.75) is 12.3 Å². The summed E-state index contributed by atoms with van der Waals surface area (Å²) in [5, 5.41) is 11.9. The Morgan fingerprint density at radius 2 is 2.09 bits per heavy atom. The minimum Gasteiger partial charge on any atom is -0.481 e. The van der Waals surface area contributed by atoms with Crippen LogP contribution in [0.3, 0.4) is 0 Å². The summed E-state index contributed by atoms with van der Waals surface area (Å²) in [4.78, 5) is 25.1. The molecule has 1 aliphatic heterocycles. The topological polar surface area (TPSA) is 78.9 Å². The summed E-state index contributed by atoms with van der Waals surface area (Å²) in [7, 11) is 0. The first-order valence-corrected chi connectivity index (χ1v) is 7.56. The number of aliphatic carboxylic acids is 1. The number of nitrogens with zero attached hydrogens (tertiary/aromatic N) is 1. The van der Waals surface area contributed by atoms with Crippen molar-refractivity contribution in [1.29, 1.82) is 0 Å². The Morgan fingerprint density at radius 1 is 1.32 bits per heavy atom. The maximum atomic E-state index is 12.1. The van der Waals surface area contributed by atoms with Crippen molar-refractivity contribution in [3.05, 3.63) is 29.8 Å². The lowest BCUT2D eigenvalue weighted by molar-refractivity contribution is -0.138. The highest BCUT2D eigenvalue weighted by atomic mass is 16.5. The zero-order chi connectivity index (χ0) is 15.5. The average Bonchev–Trinajstić information content (AvgIpc) is 3.29. The highest BCUT2D eigenvalue weighted by Crippen LogP contribution is 2.47. The van der Waals surface area contributed by atoms with Crippen LogP contribution in [0.15, 0.2) is 24.3 Å². The molecule has 3 rings (SSSR count). The van der Waals surface area contributed by atoms with E-state index in [1.54, 1.807) is 0 Å². The molecule has 2 N–H and O–H groups in total. The third-order valence-corrected chi connectivity index (χ3v) is 4.18. The Balaban J connectivity index is 1.56. The van der Waals surface area contributed by atoms with Gasteiger partial charge >= 0.3 is 5.97 Å². The van der Waals surface area contributed by atoms with Gasteiger partial charge in [-0.2, -0.15) is 0 Å². The van der Waals surface area contributed by atoms with Gasteiger partial charge in [0.1, 0.15) is 0 Å². The van der Waals surface area contributed by atoms with Crippen molar-refractivity contribution in [2.24, 2.45) is 5.92 Å². The SMILES string of the molecule is O=C(CN1CCOCC1)Nc1cccc(C2CC2C(=O)O)c1. The number of rotatable bonds is 5. The molecule has 1 saturated carbocycles. The van der Waals surface area contributed by atoms with Gasteiger partial charge < -0.3 is 15.2 Å². The lowest BCUT2D eigenvalue weighted by Gasteiger charge is -2.25. The molecule has 6 nitrogen and oxygen atoms in total. The third-order valence-electron chi connectivity index (χ3n) is 4.18. The standard InChI is InChI=1S/C16H20N2O4/c19-15(10-18-4-6-22-7-5-18)17-12-3-1-2-11(8-12)13-9-14(13)16(20)21/h1-3,8,13-14H,4-7,9-10H2,(H,17,19)(H,20,21). The first-order chi connectivity index (χ1) is 10.6. The Kier molecular flexibility index (Phi) is 4.40. The third kappa shape index (κ3) is 3.64. The Hall–Kier alpha value is -1.92. The molecular weight excluding hydrogens is 284 g/mol. The molecule has 2 atom stereocenters. The van der Waals surface area contributed by atoms with Crippen LogP contribution in [0.5, 0.6) is 0 Å². The molecule has 6 heteroatoms. The van der Waals surface area contributed by atoms with Gasteiger partial charge in [0.15, 0.2) is 0 Å². The van der Waals surface area contributed by atoms with E-state index in [1.165, 1.54) is 0 Å². The minimum atomic E-state index is -0.744. The number of nitrogens with one attached hydrogen (secondary N) is 1. The number of carboxylic acid groups (broad SMARTS) is 1. The average molecular weight is 304 g/mol. The summed E-state index contributed by atoms with van der Waals surface area (Å²) in [5.41, 5.74) is 1.71. The zero-order valence-electron chi connectivity index (χ0n) is 12.3. The van der Waals surface area contributed by atoms with Gasteiger partial charge in [0.2, 0.25) is 5.91 Å². The Labute approximate surface area is 129 Å². The molecule has 2 fully saturated rings. The van der Waals surface area contributed by atoms with Crippen molar-refractivity contribution >= 4 is 17.6 Å². The molecule has 1 saturated heterocycles. The van der Waals surface area contributed by atoms with Gasteiger partial charge in [-0.15, -0.1) is 0 Å². The first kappa shape index (κ1) is 15.0. The van der Waals surface area contributed by atoms with Crippen molar-refractivity contribution in [3.63, 3.8) is 0 Å². The number of benzene rings is 1. The number of hydrogen-bond donors (Lipinski definition) is 2. The van der Waals surface area contributed by atoms with E-state index in [1.807, 2.05) is 24.3 Å². The number of carbonyl (C=O) groups is 2. The van der Waals surface area contributed by atoms with Gasteiger partial charge in [0.05, 0.1) is 25.7 Å². The van der Waals surface area contributed by atoms with Crippen molar-refractivity contribution in [1.82, 2.24) is 4.90 Å². The maximum absolute atomic E-state index is 12.1. The van der Waals surface area contributed by atoms with Gasteiger partial charge in [0, 0.05) is 18.8 Å². The number of morpholine rings is 1. The summed E-state index contributed by atoms with van der Waals surface area (Å²) >= 11 is 0. The molecule has 0 aromatic heterocycles. The van der Waals surface area contributed by atoms with Crippen LogP contribution in [0, 0.1) is 5.92 Å². The van der Waals surface area contributed by atoms with Gasteiger partial charge in [-0.1, -0.05) is 12.1 Å². The van der Waals surface area contributed by atoms with E-state index < -0.39 is 5.97 Å². The van der Waals surface area contributed by atoms with E-state index in [2.05, 4.69) is 10.2 Å². The molecule has 1 aromatic carbocycles. The summed E-state index contributed by atoms with van der Waals surface area (Å²) in [5.74, 6) is -0.996. The van der Waals surface area contributed by atoms with Crippen LogP contribution < -0.4 is 5.32 Å². The number of hydrogen-bond acceptors (Lipinski definition) is 4. The van der Waals surface area contributed by atoms with Gasteiger partial charge in [-0.25, -0.2) is 0 Å². The largest absolute Gasteiger partial charge is 0.481 e. The van der Waals surface area contributed by atoms with Crippen LogP contribution in [-0.4, -0.2) is 54.7 Å². The quantitative estimate of drug-likeness (QED) is 0.853. The number of carboxylic acids is 1. The molecule has 1 amide bonds. The van der Waals surface area contributed by atoms with Crippen LogP contribution in [0.1, 0.15) is 17.9 Å². The molecule has 1 aliphatic carbocycles. The molecule has 1 heterocycles. The predicted octanol–water partition coefficient (Wildman–Crippen LogP) is 1.15. The van der Waals surface area contributed by atoms with E-state index in [9.17, 15) is 9.59 Å². The highest BCUT2D eigenvalue weighted by Gasteiger charge is 2.44. The Bertz CT molecular complexity index is 569. The summed E-state index contributed by atoms with van der Waals surface area (Å²) in [6.07, 6.45) is 0.681. The Morgan fingerprint density at radius 3 is 2.77 bits per heavy atom. The zero-order valence-corrected chi connectivity index (χ0v) is 12.3. The molecule has 1 aromatic rings. The van der Waals surface area contributed by atoms with E-state index in [0.29, 0.717) is 26.2 Å². The number of anilines is 1. The van der Waals surface area contributed by atoms with Crippen LogP contribution >= 0.6 is 0 Å². The van der Waals surface area contributed by atoms with Gasteiger partial charge in [-0.3, -0.25) is 14.5 Å². The molecule has 2 unspecified atom stereocenters. The van der Waals surface area contributed by atoms with E-state index in [0.717, 1.165) is 24.3 Å². The second-order valence-corrected chi connectivity index (χ2v) is 5.85. The van der Waals surface area contributed by atoms with Crippen molar-refractivity contribution in [2.75, 3.05) is 38.2 Å². The van der Waals surface area contributed by atoms with Crippen LogP contribution in [0.2, 0.25) is 0 Å². The fourth-order valence-electron chi connectivity index (χ4n) is 2.85. The lowest BCUT2D eigenvalue weighted by Crippen LogP contribution is -2.41. The number of carbonyl (C=O) groups excluding carboxylic acids is 1. The maximum Gasteiger partial charge on any atom is 0.307 e. The van der Waals surface area contributed by atoms with Crippen LogP contribution in [0.4, 0.5) is 5.69 Å². The molecule has 0 spiro atoms. The monoisotopic (exact) mass is 304 g/mol. The van der Waals surface area contributed by atoms with Crippen molar-refractivity contribution in [3.8, 4) is 0 Å². The number of ether oxygens (including phenoxy) is 1. The first-order valence-electron chi connectivity index (χ1n) is 7.56. The van der Waals surface area contributed by atoms with Crippen LogP contribution in [0.25, 0.3) is 0 Å². The second-order valence-electron chi connectivity index (χ2n) is 5.85. The van der Waals surface area contributed by atoms with Crippen molar-refractivity contribution < 1.29 is 19.4 Å². The molecule has 0 bridgehead atoms. The van der Waals surface area contributed by atoms with Gasteiger partial charge in [-0.05, 0) is 30.0 Å². The van der Waals surface area contributed by atoms with Gasteiger partial charge in [0.25, 0.3) is 0 Å². The van der Waals surface area contributed by atoms with E-state index >= 15 is 0 Å². The molecular formula is C16H20N2O4. The summed E-state index contributed by atoms with van der Waals surface area (Å²) < 4.78 is 5.26. The highest BCUT2D eigenvalue weighted by molar-refractivity contribution is 5.92. The molecule has 118 valence electrons. The fraction of sp³-hybridized carbons (Fsp3) is 0.500. The normalized spacial score (nSPS) is 24.7. The lowest BCUT2D eigenvalue weighted by atomic mass is 10.1. The predicted molar refractivity (Wildman–Crippen MR) is 80.8 cm³/mol. The number of amides is 1. The smallest absolute Gasteiger partial charge is 0.307 e. The van der Waals surface area contributed by atoms with Crippen LogP contribution in [-0.2, 0) is 14.3 Å². The molecule has 0 radical (unpaired) electrons. The van der Waals surface area contributed by atoms with E-state index in [-0.39, 0.29) is 17.7 Å². The van der Waals surface area contributed by atoms with E-state index in [4.69, 9.17) is 9.84 Å². The summed E-state index contributed by atoms with van der Waals surface area (Å²) in [6.45, 7) is 3.24. The summed E-state index contributed by atoms with van der Waals surface area (Å²) in [6, 6.07) is 7.49. The minimum absolute atomic E-state index is 0.0513. The fourth-order valence-corrected chi connectivity index (χ4v) is 2.85. The second kappa shape index (κ2) is 6.46. The molecule has 22 heavy (non-hydrogen) atoms. The molecule has 2 aliphatic rings.